The topological polar surface area (TPSA) is 75.4 Å². The Hall–Kier alpha value is -1.59. The molecule has 20 heavy (non-hydrogen) atoms. The first kappa shape index (κ1) is 16.5. The minimum atomic E-state index is -0.598. The Morgan fingerprint density at radius 2 is 1.90 bits per heavy atom. The van der Waals surface area contributed by atoms with Crippen LogP contribution in [0.4, 0.5) is 5.69 Å². The van der Waals surface area contributed by atoms with E-state index in [1.807, 2.05) is 13.8 Å². The molecule has 0 aliphatic carbocycles. The lowest BCUT2D eigenvalue weighted by Crippen LogP contribution is -2.39. The molecule has 0 aliphatic heterocycles. The van der Waals surface area contributed by atoms with Gasteiger partial charge < -0.3 is 16.0 Å². The second-order valence-electron chi connectivity index (χ2n) is 5.15. The summed E-state index contributed by atoms with van der Waals surface area (Å²) in [6, 6.07) is 4.17. The summed E-state index contributed by atoms with van der Waals surface area (Å²) in [4.78, 5) is 25.3. The highest BCUT2D eigenvalue weighted by Crippen LogP contribution is 2.22. The monoisotopic (exact) mass is 297 g/mol. The predicted molar refractivity (Wildman–Crippen MR) is 80.9 cm³/mol. The number of nitrogens with one attached hydrogen (secondary N) is 1. The summed E-state index contributed by atoms with van der Waals surface area (Å²) in [6.45, 7) is 3.74. The van der Waals surface area contributed by atoms with Crippen molar-refractivity contribution in [3.63, 3.8) is 0 Å². The lowest BCUT2D eigenvalue weighted by atomic mass is 10.0. The Balaban J connectivity index is 2.96. The summed E-state index contributed by atoms with van der Waals surface area (Å²) < 4.78 is 0. The van der Waals surface area contributed by atoms with Gasteiger partial charge in [-0.25, -0.2) is 0 Å². The molecule has 6 heteroatoms. The van der Waals surface area contributed by atoms with Gasteiger partial charge in [0.05, 0.1) is 16.6 Å². The summed E-state index contributed by atoms with van der Waals surface area (Å²) in [7, 11) is 3.27. The predicted octanol–water partition coefficient (Wildman–Crippen LogP) is 1.96. The van der Waals surface area contributed by atoms with Gasteiger partial charge in [-0.15, -0.1) is 0 Å². The largest absolute Gasteiger partial charge is 0.345 e. The first-order valence-corrected chi connectivity index (χ1v) is 6.69. The number of hydrogen-bond donors (Lipinski definition) is 2. The van der Waals surface area contributed by atoms with E-state index in [9.17, 15) is 9.59 Å². The zero-order chi connectivity index (χ0) is 15.4. The third-order valence-corrected chi connectivity index (χ3v) is 3.22. The van der Waals surface area contributed by atoms with E-state index in [1.54, 1.807) is 32.3 Å². The molecule has 5 nitrogen and oxygen atoms in total. The number of benzene rings is 1. The zero-order valence-corrected chi connectivity index (χ0v) is 12.9. The molecule has 0 unspecified atom stereocenters. The summed E-state index contributed by atoms with van der Waals surface area (Å²) in [5, 5.41) is 3.03. The molecule has 0 aromatic heterocycles. The third-order valence-electron chi connectivity index (χ3n) is 2.89. The molecule has 1 rings (SSSR count). The van der Waals surface area contributed by atoms with Crippen molar-refractivity contribution < 1.29 is 9.59 Å². The Labute approximate surface area is 124 Å². The van der Waals surface area contributed by atoms with E-state index in [0.29, 0.717) is 16.3 Å². The van der Waals surface area contributed by atoms with Gasteiger partial charge in [-0.1, -0.05) is 25.4 Å². The average Bonchev–Trinajstić information content (AvgIpc) is 2.38. The fraction of sp³-hybridized carbons (Fsp3) is 0.429. The van der Waals surface area contributed by atoms with E-state index < -0.39 is 6.04 Å². The minimum absolute atomic E-state index is 0.0326. The van der Waals surface area contributed by atoms with Crippen LogP contribution >= 0.6 is 11.6 Å². The van der Waals surface area contributed by atoms with Crippen LogP contribution in [0.25, 0.3) is 0 Å². The minimum Gasteiger partial charge on any atom is -0.345 e. The maximum Gasteiger partial charge on any atom is 0.254 e. The number of rotatable bonds is 4. The smallest absolute Gasteiger partial charge is 0.254 e. The van der Waals surface area contributed by atoms with Gasteiger partial charge >= 0.3 is 0 Å². The molecule has 0 fully saturated rings. The van der Waals surface area contributed by atoms with Crippen LogP contribution in [0, 0.1) is 5.92 Å². The van der Waals surface area contributed by atoms with Crippen molar-refractivity contribution in [2.24, 2.45) is 11.7 Å². The number of nitrogens with zero attached hydrogens (tertiary/aromatic N) is 1. The van der Waals surface area contributed by atoms with E-state index in [2.05, 4.69) is 5.32 Å². The molecule has 0 spiro atoms. The number of nitrogens with two attached hydrogens (primary N) is 1. The van der Waals surface area contributed by atoms with Crippen LogP contribution in [-0.4, -0.2) is 36.9 Å². The normalized spacial score (nSPS) is 12.2. The van der Waals surface area contributed by atoms with Crippen LogP contribution < -0.4 is 11.1 Å². The molecule has 0 radical (unpaired) electrons. The van der Waals surface area contributed by atoms with E-state index >= 15 is 0 Å². The molecule has 0 aliphatic rings. The Morgan fingerprint density at radius 3 is 2.40 bits per heavy atom. The fourth-order valence-electron chi connectivity index (χ4n) is 1.54. The highest BCUT2D eigenvalue weighted by atomic mass is 35.5. The lowest BCUT2D eigenvalue weighted by molar-refractivity contribution is -0.118. The molecule has 1 aromatic carbocycles. The summed E-state index contributed by atoms with van der Waals surface area (Å²) >= 11 is 6.00. The Morgan fingerprint density at radius 1 is 1.30 bits per heavy atom. The highest BCUT2D eigenvalue weighted by molar-refractivity contribution is 6.34. The van der Waals surface area contributed by atoms with Gasteiger partial charge in [0.15, 0.2) is 0 Å². The fourth-order valence-corrected chi connectivity index (χ4v) is 1.73. The van der Waals surface area contributed by atoms with Crippen LogP contribution in [0.3, 0.4) is 0 Å². The van der Waals surface area contributed by atoms with Gasteiger partial charge in [0.25, 0.3) is 5.91 Å². The average molecular weight is 298 g/mol. The SMILES string of the molecule is CC(C)[C@H](N)C(=O)Nc1ccc(Cl)c(C(=O)N(C)C)c1. The number of halogens is 1. The van der Waals surface area contributed by atoms with Gasteiger partial charge in [-0.05, 0) is 24.1 Å². The summed E-state index contributed by atoms with van der Waals surface area (Å²) in [5.41, 5.74) is 6.61. The molecule has 0 saturated heterocycles. The van der Waals surface area contributed by atoms with Gasteiger partial charge in [0, 0.05) is 19.8 Å². The van der Waals surface area contributed by atoms with Gasteiger partial charge in [0.1, 0.15) is 0 Å². The number of carbonyl (C=O) groups is 2. The standard InChI is InChI=1S/C14H20ClN3O2/c1-8(2)12(16)13(19)17-9-5-6-11(15)10(7-9)14(20)18(3)4/h5-8,12H,16H2,1-4H3,(H,17,19)/t12-/m0/s1. The zero-order valence-electron chi connectivity index (χ0n) is 12.1. The van der Waals surface area contributed by atoms with Gasteiger partial charge in [-0.2, -0.15) is 0 Å². The van der Waals surface area contributed by atoms with Crippen LogP contribution in [0.5, 0.6) is 0 Å². The molecule has 110 valence electrons. The lowest BCUT2D eigenvalue weighted by Gasteiger charge is -2.17. The molecule has 1 atom stereocenters. The molecular weight excluding hydrogens is 278 g/mol. The van der Waals surface area contributed by atoms with E-state index in [-0.39, 0.29) is 17.7 Å². The number of amides is 2. The van der Waals surface area contributed by atoms with Crippen molar-refractivity contribution in [2.45, 2.75) is 19.9 Å². The second-order valence-corrected chi connectivity index (χ2v) is 5.56. The Bertz CT molecular complexity index is 515. The maximum absolute atomic E-state index is 11.9. The molecular formula is C14H20ClN3O2. The van der Waals surface area contributed by atoms with Crippen molar-refractivity contribution in [2.75, 3.05) is 19.4 Å². The van der Waals surface area contributed by atoms with Crippen molar-refractivity contribution in [3.05, 3.63) is 28.8 Å². The summed E-state index contributed by atoms with van der Waals surface area (Å²) in [6.07, 6.45) is 0. The van der Waals surface area contributed by atoms with Crippen molar-refractivity contribution in [1.29, 1.82) is 0 Å². The first-order chi connectivity index (χ1) is 9.23. The van der Waals surface area contributed by atoms with E-state index in [0.717, 1.165) is 0 Å². The maximum atomic E-state index is 11.9. The number of carbonyl (C=O) groups excluding carboxylic acids is 2. The first-order valence-electron chi connectivity index (χ1n) is 6.31. The number of anilines is 1. The van der Waals surface area contributed by atoms with Crippen LogP contribution in [-0.2, 0) is 4.79 Å². The van der Waals surface area contributed by atoms with Crippen LogP contribution in [0.15, 0.2) is 18.2 Å². The van der Waals surface area contributed by atoms with Crippen LogP contribution in [0.1, 0.15) is 24.2 Å². The van der Waals surface area contributed by atoms with E-state index in [1.165, 1.54) is 4.90 Å². The molecule has 0 saturated carbocycles. The molecule has 1 aromatic rings. The molecule has 2 amide bonds. The number of hydrogen-bond acceptors (Lipinski definition) is 3. The van der Waals surface area contributed by atoms with Crippen molar-refractivity contribution >= 4 is 29.1 Å². The quantitative estimate of drug-likeness (QED) is 0.892. The van der Waals surface area contributed by atoms with Crippen molar-refractivity contribution in [1.82, 2.24) is 4.90 Å². The highest BCUT2D eigenvalue weighted by Gasteiger charge is 2.18. The molecule has 0 heterocycles. The third kappa shape index (κ3) is 3.95. The van der Waals surface area contributed by atoms with E-state index in [4.69, 9.17) is 17.3 Å². The summed E-state index contributed by atoms with van der Waals surface area (Å²) in [5.74, 6) is -0.477. The van der Waals surface area contributed by atoms with Crippen LogP contribution in [0.2, 0.25) is 5.02 Å². The van der Waals surface area contributed by atoms with Gasteiger partial charge in [0.2, 0.25) is 5.91 Å². The second kappa shape index (κ2) is 6.72. The van der Waals surface area contributed by atoms with Gasteiger partial charge in [-0.3, -0.25) is 9.59 Å². The molecule has 0 bridgehead atoms. The Kier molecular flexibility index (Phi) is 5.53. The van der Waals surface area contributed by atoms with Crippen molar-refractivity contribution in [3.8, 4) is 0 Å². The molecule has 3 N–H and O–H groups in total.